The van der Waals surface area contributed by atoms with Gasteiger partial charge in [-0.1, -0.05) is 31.2 Å². The number of hydrogen-bond acceptors (Lipinski definition) is 4. The van der Waals surface area contributed by atoms with Crippen LogP contribution >= 0.6 is 0 Å². The highest BCUT2D eigenvalue weighted by atomic mass is 16.2. The van der Waals surface area contributed by atoms with Crippen LogP contribution in [0.25, 0.3) is 0 Å². The normalized spacial score (nSPS) is 15.7. The van der Waals surface area contributed by atoms with Gasteiger partial charge in [0, 0.05) is 65.3 Å². The molecule has 1 amide bonds. The Morgan fingerprint density at radius 2 is 1.55 bits per heavy atom. The van der Waals surface area contributed by atoms with Crippen molar-refractivity contribution >= 4 is 11.9 Å². The molecule has 0 atom stereocenters. The lowest BCUT2D eigenvalue weighted by molar-refractivity contribution is -0.130. The van der Waals surface area contributed by atoms with Gasteiger partial charge in [0.15, 0.2) is 5.96 Å². The van der Waals surface area contributed by atoms with Crippen LogP contribution in [-0.4, -0.2) is 85.5 Å². The Kier molecular flexibility index (Phi) is 11.4. The van der Waals surface area contributed by atoms with E-state index in [9.17, 15) is 4.79 Å². The lowest BCUT2D eigenvalue weighted by Crippen LogP contribution is -2.45. The van der Waals surface area contributed by atoms with Crippen LogP contribution in [0.1, 0.15) is 45.2 Å². The number of nitrogens with one attached hydrogen (secondary N) is 2. The van der Waals surface area contributed by atoms with Gasteiger partial charge in [-0.05, 0) is 38.4 Å². The molecular formula is C24H42N6O. The zero-order chi connectivity index (χ0) is 22.5. The molecule has 0 saturated carbocycles. The first-order valence-electron chi connectivity index (χ1n) is 11.9. The molecule has 0 aromatic heterocycles. The second-order valence-corrected chi connectivity index (χ2v) is 7.96. The maximum Gasteiger partial charge on any atom is 0.224 e. The molecule has 7 heteroatoms. The molecule has 1 aromatic rings. The number of amides is 1. The van der Waals surface area contributed by atoms with Gasteiger partial charge in [0.05, 0.1) is 6.54 Å². The van der Waals surface area contributed by atoms with E-state index >= 15 is 0 Å². The van der Waals surface area contributed by atoms with Crippen molar-refractivity contribution in [1.29, 1.82) is 0 Å². The van der Waals surface area contributed by atoms with Crippen molar-refractivity contribution in [3.63, 3.8) is 0 Å². The van der Waals surface area contributed by atoms with Gasteiger partial charge in [0.1, 0.15) is 0 Å². The summed E-state index contributed by atoms with van der Waals surface area (Å²) in [4.78, 5) is 23.7. The van der Waals surface area contributed by atoms with E-state index in [4.69, 9.17) is 0 Å². The van der Waals surface area contributed by atoms with E-state index in [1.807, 2.05) is 25.7 Å². The Morgan fingerprint density at radius 3 is 2.13 bits per heavy atom. The third-order valence-corrected chi connectivity index (χ3v) is 5.85. The smallest absolute Gasteiger partial charge is 0.224 e. The molecule has 1 fully saturated rings. The van der Waals surface area contributed by atoms with Gasteiger partial charge in [0.2, 0.25) is 5.91 Å². The van der Waals surface area contributed by atoms with Crippen molar-refractivity contribution in [2.45, 2.75) is 47.2 Å². The van der Waals surface area contributed by atoms with Crippen LogP contribution in [0.5, 0.6) is 0 Å². The van der Waals surface area contributed by atoms with Gasteiger partial charge in [-0.2, -0.15) is 0 Å². The zero-order valence-electron chi connectivity index (χ0n) is 20.0. The standard InChI is InChI=1S/C24H42N6O/c1-5-25-24(26-14-13-23(31)30(7-3)8-4)27-19-21-9-11-22(12-10-21)20-29-17-15-28(6-2)16-18-29/h9-12H,5-8,13-20H2,1-4H3,(H2,25,26,27). The second-order valence-electron chi connectivity index (χ2n) is 7.96. The number of aliphatic imine (C=N–C) groups is 1. The van der Waals surface area contributed by atoms with Crippen molar-refractivity contribution in [3.05, 3.63) is 35.4 Å². The fraction of sp³-hybridized carbons (Fsp3) is 0.667. The van der Waals surface area contributed by atoms with Crippen LogP contribution in [0.3, 0.4) is 0 Å². The summed E-state index contributed by atoms with van der Waals surface area (Å²) in [6.07, 6.45) is 0.479. The molecule has 0 radical (unpaired) electrons. The summed E-state index contributed by atoms with van der Waals surface area (Å²) < 4.78 is 0. The molecule has 31 heavy (non-hydrogen) atoms. The predicted octanol–water partition coefficient (Wildman–Crippen LogP) is 2.14. The monoisotopic (exact) mass is 430 g/mol. The fourth-order valence-corrected chi connectivity index (χ4v) is 3.81. The Balaban J connectivity index is 1.80. The Hall–Kier alpha value is -2.12. The summed E-state index contributed by atoms with van der Waals surface area (Å²) in [6, 6.07) is 8.80. The Labute approximate surface area is 188 Å². The van der Waals surface area contributed by atoms with Crippen LogP contribution in [-0.2, 0) is 17.9 Å². The number of guanidine groups is 1. The molecule has 174 valence electrons. The van der Waals surface area contributed by atoms with Crippen LogP contribution in [0.4, 0.5) is 0 Å². The molecule has 2 N–H and O–H groups in total. The topological polar surface area (TPSA) is 63.2 Å². The van der Waals surface area contributed by atoms with E-state index in [1.165, 1.54) is 24.2 Å². The Bertz CT molecular complexity index is 663. The highest BCUT2D eigenvalue weighted by molar-refractivity contribution is 5.81. The van der Waals surface area contributed by atoms with Crippen LogP contribution in [0, 0.1) is 0 Å². The first-order valence-corrected chi connectivity index (χ1v) is 11.9. The number of nitrogens with zero attached hydrogens (tertiary/aromatic N) is 4. The van der Waals surface area contributed by atoms with E-state index in [0.29, 0.717) is 19.5 Å². The number of likely N-dealkylation sites (N-methyl/N-ethyl adjacent to an activating group) is 1. The third-order valence-electron chi connectivity index (χ3n) is 5.85. The highest BCUT2D eigenvalue weighted by Gasteiger charge is 2.15. The van der Waals surface area contributed by atoms with Gasteiger partial charge in [-0.3, -0.25) is 9.69 Å². The SMILES string of the molecule is CCNC(=NCc1ccc(CN2CCN(CC)CC2)cc1)NCCC(=O)N(CC)CC. The lowest BCUT2D eigenvalue weighted by Gasteiger charge is -2.34. The molecule has 1 saturated heterocycles. The fourth-order valence-electron chi connectivity index (χ4n) is 3.81. The molecule has 1 heterocycles. The van der Waals surface area contributed by atoms with Crippen molar-refractivity contribution in [1.82, 2.24) is 25.3 Å². The van der Waals surface area contributed by atoms with Crippen molar-refractivity contribution in [2.75, 3.05) is 58.9 Å². The summed E-state index contributed by atoms with van der Waals surface area (Å²) in [6.45, 7) is 18.6. The van der Waals surface area contributed by atoms with Crippen molar-refractivity contribution in [2.24, 2.45) is 4.99 Å². The van der Waals surface area contributed by atoms with Crippen LogP contribution in [0.15, 0.2) is 29.3 Å². The Morgan fingerprint density at radius 1 is 0.935 bits per heavy atom. The maximum absolute atomic E-state index is 12.2. The molecule has 0 unspecified atom stereocenters. The van der Waals surface area contributed by atoms with Gasteiger partial charge in [0.25, 0.3) is 0 Å². The number of benzene rings is 1. The van der Waals surface area contributed by atoms with Gasteiger partial charge < -0.3 is 20.4 Å². The summed E-state index contributed by atoms with van der Waals surface area (Å²) in [5.74, 6) is 0.938. The van der Waals surface area contributed by atoms with Gasteiger partial charge >= 0.3 is 0 Å². The van der Waals surface area contributed by atoms with E-state index in [-0.39, 0.29) is 5.91 Å². The number of hydrogen-bond donors (Lipinski definition) is 2. The zero-order valence-corrected chi connectivity index (χ0v) is 20.0. The molecule has 1 aromatic carbocycles. The first kappa shape index (κ1) is 25.1. The number of carbonyl (C=O) groups excluding carboxylic acids is 1. The number of piperazine rings is 1. The number of carbonyl (C=O) groups is 1. The van der Waals surface area contributed by atoms with E-state index in [1.54, 1.807) is 0 Å². The molecule has 0 aliphatic carbocycles. The van der Waals surface area contributed by atoms with Gasteiger partial charge in [-0.25, -0.2) is 4.99 Å². The highest BCUT2D eigenvalue weighted by Crippen LogP contribution is 2.11. The second kappa shape index (κ2) is 14.0. The van der Waals surface area contributed by atoms with Crippen molar-refractivity contribution < 1.29 is 4.79 Å². The minimum Gasteiger partial charge on any atom is -0.357 e. The van der Waals surface area contributed by atoms with E-state index in [0.717, 1.165) is 51.8 Å². The van der Waals surface area contributed by atoms with E-state index < -0.39 is 0 Å². The molecule has 7 nitrogen and oxygen atoms in total. The largest absolute Gasteiger partial charge is 0.357 e. The summed E-state index contributed by atoms with van der Waals surface area (Å²) in [5.41, 5.74) is 2.55. The average molecular weight is 431 g/mol. The van der Waals surface area contributed by atoms with Crippen LogP contribution < -0.4 is 10.6 Å². The molecule has 1 aliphatic heterocycles. The lowest BCUT2D eigenvalue weighted by atomic mass is 10.1. The minimum absolute atomic E-state index is 0.181. The molecule has 2 rings (SSSR count). The molecular weight excluding hydrogens is 388 g/mol. The number of rotatable bonds is 11. The average Bonchev–Trinajstić information content (AvgIpc) is 2.80. The van der Waals surface area contributed by atoms with Crippen LogP contribution in [0.2, 0.25) is 0 Å². The van der Waals surface area contributed by atoms with Crippen molar-refractivity contribution in [3.8, 4) is 0 Å². The molecule has 0 spiro atoms. The third kappa shape index (κ3) is 8.87. The molecule has 0 bridgehead atoms. The maximum atomic E-state index is 12.2. The van der Waals surface area contributed by atoms with Gasteiger partial charge in [-0.15, -0.1) is 0 Å². The quantitative estimate of drug-likeness (QED) is 0.416. The first-order chi connectivity index (χ1) is 15.1. The van der Waals surface area contributed by atoms with E-state index in [2.05, 4.69) is 56.6 Å². The minimum atomic E-state index is 0.181. The predicted molar refractivity (Wildman–Crippen MR) is 129 cm³/mol. The summed E-state index contributed by atoms with van der Waals surface area (Å²) in [7, 11) is 0. The molecule has 1 aliphatic rings. The summed E-state index contributed by atoms with van der Waals surface area (Å²) in [5, 5.41) is 6.54. The summed E-state index contributed by atoms with van der Waals surface area (Å²) >= 11 is 0.